The second-order valence-electron chi connectivity index (χ2n) is 4.29. The first kappa shape index (κ1) is 15.0. The molecular weight excluding hydrogens is 279 g/mol. The number of benzene rings is 1. The van der Waals surface area contributed by atoms with Gasteiger partial charge in [0.15, 0.2) is 0 Å². The molecule has 0 unspecified atom stereocenters. The number of aromatic hydroxyl groups is 1. The van der Waals surface area contributed by atoms with Crippen LogP contribution in [0.1, 0.15) is 6.92 Å². The van der Waals surface area contributed by atoms with Crippen LogP contribution in [0.2, 0.25) is 0 Å². The van der Waals surface area contributed by atoms with Gasteiger partial charge in [-0.3, -0.25) is 14.3 Å². The van der Waals surface area contributed by atoms with Crippen LogP contribution < -0.4 is 11.2 Å². The molecule has 0 aliphatic carbocycles. The Labute approximate surface area is 119 Å². The lowest BCUT2D eigenvalue weighted by molar-refractivity contribution is 0.135. The molecule has 6 nitrogen and oxygen atoms in total. The quantitative estimate of drug-likeness (QED) is 0.808. The summed E-state index contributed by atoms with van der Waals surface area (Å²) in [5.41, 5.74) is -1.95. The number of aromatic amines is 1. The van der Waals surface area contributed by atoms with Gasteiger partial charge in [-0.25, -0.2) is 9.18 Å². The summed E-state index contributed by atoms with van der Waals surface area (Å²) in [4.78, 5) is 25.7. The fourth-order valence-electron chi connectivity index (χ4n) is 1.97. The van der Waals surface area contributed by atoms with Crippen molar-refractivity contribution in [3.63, 3.8) is 0 Å². The molecule has 0 saturated carbocycles. The van der Waals surface area contributed by atoms with Crippen molar-refractivity contribution in [1.29, 1.82) is 0 Å². The van der Waals surface area contributed by atoms with E-state index in [-0.39, 0.29) is 24.3 Å². The molecule has 1 aromatic heterocycles. The lowest BCUT2D eigenvalue weighted by atomic mass is 10.1. The van der Waals surface area contributed by atoms with Crippen LogP contribution in [0.3, 0.4) is 0 Å². The second-order valence-corrected chi connectivity index (χ2v) is 4.29. The van der Waals surface area contributed by atoms with E-state index in [0.29, 0.717) is 6.61 Å². The number of hydrogen-bond donors (Lipinski definition) is 2. The fraction of sp³-hybridized carbons (Fsp3) is 0.286. The zero-order chi connectivity index (χ0) is 15.4. The van der Waals surface area contributed by atoms with Crippen LogP contribution in [0.25, 0.3) is 11.1 Å². The third kappa shape index (κ3) is 3.03. The highest BCUT2D eigenvalue weighted by Crippen LogP contribution is 2.26. The van der Waals surface area contributed by atoms with E-state index in [1.807, 2.05) is 0 Å². The molecule has 0 aliphatic rings. The number of hydrogen-bond acceptors (Lipinski definition) is 4. The van der Waals surface area contributed by atoms with Crippen molar-refractivity contribution in [2.75, 3.05) is 13.2 Å². The number of halogens is 1. The van der Waals surface area contributed by atoms with Crippen molar-refractivity contribution >= 4 is 0 Å². The number of ether oxygens (including phenoxy) is 1. The summed E-state index contributed by atoms with van der Waals surface area (Å²) in [5.74, 6) is -1.23. The lowest BCUT2D eigenvalue weighted by Crippen LogP contribution is -2.32. The molecule has 2 N–H and O–H groups in total. The highest BCUT2D eigenvalue weighted by Gasteiger charge is 2.18. The van der Waals surface area contributed by atoms with Crippen LogP contribution in [0, 0.1) is 5.82 Å². The first-order chi connectivity index (χ1) is 10.1. The normalized spacial score (nSPS) is 10.8. The SMILES string of the molecule is CCOCCn1c(O)c(-c2ccccc2F)c(=O)[nH]c1=O. The third-order valence-corrected chi connectivity index (χ3v) is 2.98. The molecule has 2 rings (SSSR count). The van der Waals surface area contributed by atoms with Crippen molar-refractivity contribution in [3.05, 3.63) is 50.9 Å². The van der Waals surface area contributed by atoms with Gasteiger partial charge >= 0.3 is 5.69 Å². The Hall–Kier alpha value is -2.41. The lowest BCUT2D eigenvalue weighted by Gasteiger charge is -2.11. The van der Waals surface area contributed by atoms with Crippen LogP contribution in [-0.2, 0) is 11.3 Å². The van der Waals surface area contributed by atoms with Gasteiger partial charge in [-0.05, 0) is 13.0 Å². The van der Waals surface area contributed by atoms with Crippen molar-refractivity contribution in [1.82, 2.24) is 9.55 Å². The Bertz CT molecular complexity index is 751. The number of nitrogens with one attached hydrogen (secondary N) is 1. The van der Waals surface area contributed by atoms with Gasteiger partial charge in [0.25, 0.3) is 5.56 Å². The Kier molecular flexibility index (Phi) is 4.54. The maximum Gasteiger partial charge on any atom is 0.331 e. The Balaban J connectivity index is 2.57. The highest BCUT2D eigenvalue weighted by atomic mass is 19.1. The van der Waals surface area contributed by atoms with Crippen molar-refractivity contribution in [3.8, 4) is 17.0 Å². The topological polar surface area (TPSA) is 84.3 Å². The molecule has 0 saturated heterocycles. The predicted molar refractivity (Wildman–Crippen MR) is 74.9 cm³/mol. The summed E-state index contributed by atoms with van der Waals surface area (Å²) in [6.45, 7) is 2.49. The van der Waals surface area contributed by atoms with Gasteiger partial charge in [0.05, 0.1) is 13.2 Å². The fourth-order valence-corrected chi connectivity index (χ4v) is 1.97. The summed E-state index contributed by atoms with van der Waals surface area (Å²) in [6.07, 6.45) is 0. The van der Waals surface area contributed by atoms with Gasteiger partial charge in [0, 0.05) is 12.2 Å². The van der Waals surface area contributed by atoms with Gasteiger partial charge in [0.2, 0.25) is 5.88 Å². The van der Waals surface area contributed by atoms with Crippen molar-refractivity contribution < 1.29 is 14.2 Å². The minimum absolute atomic E-state index is 0.0523. The van der Waals surface area contributed by atoms with Gasteiger partial charge < -0.3 is 9.84 Å². The molecule has 0 radical (unpaired) electrons. The van der Waals surface area contributed by atoms with Crippen LogP contribution in [0.5, 0.6) is 5.88 Å². The number of H-pyrrole nitrogens is 1. The van der Waals surface area contributed by atoms with E-state index in [9.17, 15) is 19.1 Å². The second kappa shape index (κ2) is 6.36. The molecule has 0 bridgehead atoms. The minimum atomic E-state index is -0.838. The summed E-state index contributed by atoms with van der Waals surface area (Å²) in [6, 6.07) is 5.53. The van der Waals surface area contributed by atoms with E-state index in [4.69, 9.17) is 4.74 Å². The van der Waals surface area contributed by atoms with E-state index >= 15 is 0 Å². The number of nitrogens with zero attached hydrogens (tertiary/aromatic N) is 1. The van der Waals surface area contributed by atoms with Gasteiger partial charge in [0.1, 0.15) is 11.4 Å². The molecule has 0 fully saturated rings. The molecule has 0 atom stereocenters. The predicted octanol–water partition coefficient (Wildman–Crippen LogP) is 1.08. The summed E-state index contributed by atoms with van der Waals surface area (Å²) >= 11 is 0. The van der Waals surface area contributed by atoms with E-state index in [2.05, 4.69) is 4.98 Å². The maximum absolute atomic E-state index is 13.8. The Morgan fingerprint density at radius 3 is 2.71 bits per heavy atom. The zero-order valence-electron chi connectivity index (χ0n) is 11.4. The first-order valence-electron chi connectivity index (χ1n) is 6.45. The van der Waals surface area contributed by atoms with Crippen LogP contribution in [0.4, 0.5) is 4.39 Å². The molecule has 2 aromatic rings. The average molecular weight is 294 g/mol. The monoisotopic (exact) mass is 294 g/mol. The van der Waals surface area contributed by atoms with E-state index in [1.54, 1.807) is 6.92 Å². The zero-order valence-corrected chi connectivity index (χ0v) is 11.4. The molecule has 0 amide bonds. The minimum Gasteiger partial charge on any atom is -0.494 e. The number of aromatic nitrogens is 2. The van der Waals surface area contributed by atoms with E-state index < -0.39 is 22.9 Å². The van der Waals surface area contributed by atoms with Crippen molar-refractivity contribution in [2.24, 2.45) is 0 Å². The van der Waals surface area contributed by atoms with Crippen LogP contribution in [0.15, 0.2) is 33.9 Å². The Morgan fingerprint density at radius 2 is 2.05 bits per heavy atom. The summed E-state index contributed by atoms with van der Waals surface area (Å²) < 4.78 is 19.9. The smallest absolute Gasteiger partial charge is 0.331 e. The average Bonchev–Trinajstić information content (AvgIpc) is 2.44. The molecular formula is C14H15FN2O4. The van der Waals surface area contributed by atoms with Crippen LogP contribution in [-0.4, -0.2) is 27.9 Å². The molecule has 21 heavy (non-hydrogen) atoms. The molecule has 112 valence electrons. The first-order valence-corrected chi connectivity index (χ1v) is 6.45. The third-order valence-electron chi connectivity index (χ3n) is 2.98. The molecule has 0 spiro atoms. The van der Waals surface area contributed by atoms with Gasteiger partial charge in [-0.1, -0.05) is 18.2 Å². The highest BCUT2D eigenvalue weighted by molar-refractivity contribution is 5.67. The molecule has 1 heterocycles. The van der Waals surface area contributed by atoms with Crippen molar-refractivity contribution in [2.45, 2.75) is 13.5 Å². The molecule has 0 aliphatic heterocycles. The Morgan fingerprint density at radius 1 is 1.33 bits per heavy atom. The molecule has 1 aromatic carbocycles. The van der Waals surface area contributed by atoms with Gasteiger partial charge in [-0.15, -0.1) is 0 Å². The van der Waals surface area contributed by atoms with E-state index in [1.165, 1.54) is 24.3 Å². The van der Waals surface area contributed by atoms with Gasteiger partial charge in [-0.2, -0.15) is 0 Å². The van der Waals surface area contributed by atoms with Crippen LogP contribution >= 0.6 is 0 Å². The standard InChI is InChI=1S/C14H15FN2O4/c1-2-21-8-7-17-13(19)11(12(18)16-14(17)20)9-5-3-4-6-10(9)15/h3-6,19H,2,7-8H2,1H3,(H,16,18,20). The maximum atomic E-state index is 13.8. The summed E-state index contributed by atoms with van der Waals surface area (Å²) in [7, 11) is 0. The molecule has 7 heteroatoms. The van der Waals surface area contributed by atoms with E-state index in [0.717, 1.165) is 4.57 Å². The number of rotatable bonds is 5. The largest absolute Gasteiger partial charge is 0.494 e. The summed E-state index contributed by atoms with van der Waals surface area (Å²) in [5, 5.41) is 10.1.